The Morgan fingerprint density at radius 2 is 2.10 bits per heavy atom. The minimum absolute atomic E-state index is 0.0375. The number of methoxy groups -OCH3 is 1. The molecule has 0 atom stereocenters. The van der Waals surface area contributed by atoms with E-state index in [1.165, 1.54) is 19.2 Å². The van der Waals surface area contributed by atoms with E-state index in [4.69, 9.17) is 9.84 Å². The summed E-state index contributed by atoms with van der Waals surface area (Å²) in [7, 11) is -2.10. The van der Waals surface area contributed by atoms with E-state index < -0.39 is 16.0 Å². The molecule has 0 fully saturated rings. The molecule has 0 aliphatic rings. The van der Waals surface area contributed by atoms with Gasteiger partial charge in [0, 0.05) is 13.0 Å². The molecule has 0 radical (unpaired) electrons. The molecule has 0 aliphatic carbocycles. The van der Waals surface area contributed by atoms with Crippen LogP contribution in [0.1, 0.15) is 19.3 Å². The minimum atomic E-state index is -3.59. The second-order valence-electron chi connectivity index (χ2n) is 4.04. The average molecular weight is 366 g/mol. The topological polar surface area (TPSA) is 92.7 Å². The molecule has 8 heteroatoms. The van der Waals surface area contributed by atoms with Gasteiger partial charge in [-0.25, -0.2) is 13.1 Å². The van der Waals surface area contributed by atoms with Crippen LogP contribution in [0.2, 0.25) is 0 Å². The lowest BCUT2D eigenvalue weighted by atomic mass is 10.2. The highest BCUT2D eigenvalue weighted by molar-refractivity contribution is 9.10. The summed E-state index contributed by atoms with van der Waals surface area (Å²) in [6.07, 6.45) is 0.947. The van der Waals surface area contributed by atoms with E-state index >= 15 is 0 Å². The number of carboxylic acid groups (broad SMARTS) is 1. The Morgan fingerprint density at radius 1 is 1.40 bits per heavy atom. The van der Waals surface area contributed by atoms with Crippen molar-refractivity contribution in [2.24, 2.45) is 0 Å². The average Bonchev–Trinajstić information content (AvgIpc) is 2.37. The molecular formula is C12H16BrNO5S. The standard InChI is InChI=1S/C12H16BrNO5S/c1-19-11-6-5-9(8-10(11)13)20(17,18)14-7-3-2-4-12(15)16/h5-6,8,14H,2-4,7H2,1H3,(H,15,16). The molecule has 112 valence electrons. The number of benzene rings is 1. The maximum absolute atomic E-state index is 12.0. The molecule has 1 rings (SSSR count). The van der Waals surface area contributed by atoms with Gasteiger partial charge in [-0.2, -0.15) is 0 Å². The van der Waals surface area contributed by atoms with Crippen LogP contribution in [0, 0.1) is 0 Å². The molecule has 0 saturated heterocycles. The van der Waals surface area contributed by atoms with E-state index in [-0.39, 0.29) is 17.9 Å². The van der Waals surface area contributed by atoms with Crippen LogP contribution in [0.3, 0.4) is 0 Å². The van der Waals surface area contributed by atoms with E-state index in [0.29, 0.717) is 23.1 Å². The predicted molar refractivity (Wildman–Crippen MR) is 77.4 cm³/mol. The largest absolute Gasteiger partial charge is 0.496 e. The van der Waals surface area contributed by atoms with E-state index in [1.807, 2.05) is 0 Å². The number of sulfonamides is 1. The van der Waals surface area contributed by atoms with Crippen molar-refractivity contribution in [1.29, 1.82) is 0 Å². The lowest BCUT2D eigenvalue weighted by Gasteiger charge is -2.08. The molecular weight excluding hydrogens is 350 g/mol. The number of hydrogen-bond donors (Lipinski definition) is 2. The Morgan fingerprint density at radius 3 is 2.65 bits per heavy atom. The van der Waals surface area contributed by atoms with Gasteiger partial charge in [-0.05, 0) is 47.0 Å². The monoisotopic (exact) mass is 365 g/mol. The summed E-state index contributed by atoms with van der Waals surface area (Å²) in [5.41, 5.74) is 0. The Bertz CT molecular complexity index is 573. The number of carboxylic acids is 1. The first-order valence-electron chi connectivity index (χ1n) is 5.92. The normalized spacial score (nSPS) is 11.3. The zero-order valence-electron chi connectivity index (χ0n) is 10.9. The SMILES string of the molecule is COc1ccc(S(=O)(=O)NCCCCC(=O)O)cc1Br. The van der Waals surface area contributed by atoms with Gasteiger partial charge in [0.1, 0.15) is 5.75 Å². The van der Waals surface area contributed by atoms with Crippen LogP contribution in [0.5, 0.6) is 5.75 Å². The van der Waals surface area contributed by atoms with Gasteiger partial charge in [0.05, 0.1) is 16.5 Å². The second-order valence-corrected chi connectivity index (χ2v) is 6.67. The molecule has 6 nitrogen and oxygen atoms in total. The fraction of sp³-hybridized carbons (Fsp3) is 0.417. The Labute approximate surface area is 126 Å². The molecule has 0 unspecified atom stereocenters. The van der Waals surface area contributed by atoms with E-state index in [9.17, 15) is 13.2 Å². The molecule has 0 amide bonds. The lowest BCUT2D eigenvalue weighted by Crippen LogP contribution is -2.24. The number of unbranched alkanes of at least 4 members (excludes halogenated alkanes) is 1. The van der Waals surface area contributed by atoms with Gasteiger partial charge in [-0.3, -0.25) is 4.79 Å². The first kappa shape index (κ1) is 16.9. The van der Waals surface area contributed by atoms with Gasteiger partial charge in [0.2, 0.25) is 10.0 Å². The van der Waals surface area contributed by atoms with Crippen LogP contribution >= 0.6 is 15.9 Å². The molecule has 20 heavy (non-hydrogen) atoms. The van der Waals surface area contributed by atoms with Crippen LogP contribution < -0.4 is 9.46 Å². The summed E-state index contributed by atoms with van der Waals surface area (Å²) in [5.74, 6) is -0.336. The maximum atomic E-state index is 12.0. The zero-order valence-corrected chi connectivity index (χ0v) is 13.3. The fourth-order valence-electron chi connectivity index (χ4n) is 1.51. The zero-order chi connectivity index (χ0) is 15.2. The Balaban J connectivity index is 2.60. The van der Waals surface area contributed by atoms with Crippen LogP contribution in [0.15, 0.2) is 27.6 Å². The highest BCUT2D eigenvalue weighted by atomic mass is 79.9. The van der Waals surface area contributed by atoms with Gasteiger partial charge in [-0.1, -0.05) is 0 Å². The smallest absolute Gasteiger partial charge is 0.303 e. The van der Waals surface area contributed by atoms with Crippen LogP contribution in [-0.2, 0) is 14.8 Å². The van der Waals surface area contributed by atoms with Crippen molar-refractivity contribution in [3.63, 3.8) is 0 Å². The van der Waals surface area contributed by atoms with E-state index in [1.54, 1.807) is 6.07 Å². The number of hydrogen-bond acceptors (Lipinski definition) is 4. The first-order valence-corrected chi connectivity index (χ1v) is 8.19. The van der Waals surface area contributed by atoms with E-state index in [2.05, 4.69) is 20.7 Å². The number of rotatable bonds is 8. The molecule has 1 aromatic rings. The molecule has 0 bridgehead atoms. The Kier molecular flexibility index (Phi) is 6.44. The highest BCUT2D eigenvalue weighted by Crippen LogP contribution is 2.27. The fourth-order valence-corrected chi connectivity index (χ4v) is 3.30. The van der Waals surface area contributed by atoms with Crippen molar-refractivity contribution < 1.29 is 23.1 Å². The van der Waals surface area contributed by atoms with Gasteiger partial charge in [0.25, 0.3) is 0 Å². The number of carbonyl (C=O) groups is 1. The maximum Gasteiger partial charge on any atom is 0.303 e. The summed E-state index contributed by atoms with van der Waals surface area (Å²) in [5, 5.41) is 8.47. The van der Waals surface area contributed by atoms with Gasteiger partial charge in [-0.15, -0.1) is 0 Å². The van der Waals surface area contributed by atoms with Gasteiger partial charge in [0.15, 0.2) is 0 Å². The third kappa shape index (κ3) is 5.10. The van der Waals surface area contributed by atoms with Crippen molar-refractivity contribution in [2.75, 3.05) is 13.7 Å². The molecule has 1 aromatic carbocycles. The minimum Gasteiger partial charge on any atom is -0.496 e. The summed E-state index contributed by atoms with van der Waals surface area (Å²) in [6, 6.07) is 4.46. The van der Waals surface area contributed by atoms with Crippen molar-refractivity contribution in [3.05, 3.63) is 22.7 Å². The van der Waals surface area contributed by atoms with Crippen molar-refractivity contribution in [1.82, 2.24) is 4.72 Å². The molecule has 0 saturated carbocycles. The summed E-state index contributed by atoms with van der Waals surface area (Å²) >= 11 is 3.23. The Hall–Kier alpha value is -1.12. The third-order valence-corrected chi connectivity index (χ3v) is 4.62. The number of nitrogens with one attached hydrogen (secondary N) is 1. The van der Waals surface area contributed by atoms with E-state index in [0.717, 1.165) is 0 Å². The van der Waals surface area contributed by atoms with Crippen LogP contribution in [0.25, 0.3) is 0 Å². The molecule has 2 N–H and O–H groups in total. The van der Waals surface area contributed by atoms with Gasteiger partial charge < -0.3 is 9.84 Å². The van der Waals surface area contributed by atoms with Crippen LogP contribution in [0.4, 0.5) is 0 Å². The van der Waals surface area contributed by atoms with Crippen LogP contribution in [-0.4, -0.2) is 33.1 Å². The molecule has 0 spiro atoms. The van der Waals surface area contributed by atoms with Crippen molar-refractivity contribution in [3.8, 4) is 5.75 Å². The van der Waals surface area contributed by atoms with Crippen molar-refractivity contribution >= 4 is 31.9 Å². The number of aliphatic carboxylic acids is 1. The lowest BCUT2D eigenvalue weighted by molar-refractivity contribution is -0.137. The van der Waals surface area contributed by atoms with Gasteiger partial charge >= 0.3 is 5.97 Å². The highest BCUT2D eigenvalue weighted by Gasteiger charge is 2.15. The molecule has 0 heterocycles. The molecule has 0 aromatic heterocycles. The number of ether oxygens (including phenoxy) is 1. The molecule has 0 aliphatic heterocycles. The second kappa shape index (κ2) is 7.61. The predicted octanol–water partition coefficient (Wildman–Crippen LogP) is 1.99. The quantitative estimate of drug-likeness (QED) is 0.687. The van der Waals surface area contributed by atoms with Crippen molar-refractivity contribution in [2.45, 2.75) is 24.2 Å². The summed E-state index contributed by atoms with van der Waals surface area (Å²) in [6.45, 7) is 0.208. The third-order valence-electron chi connectivity index (χ3n) is 2.54. The first-order chi connectivity index (χ1) is 9.36. The summed E-state index contributed by atoms with van der Waals surface area (Å²) < 4.78 is 32.0. The summed E-state index contributed by atoms with van der Waals surface area (Å²) in [4.78, 5) is 10.5. The number of halogens is 1.